The van der Waals surface area contributed by atoms with Gasteiger partial charge in [-0.2, -0.15) is 4.73 Å². The van der Waals surface area contributed by atoms with E-state index in [0.717, 1.165) is 18.0 Å². The average Bonchev–Trinajstić information content (AvgIpc) is 2.48. The van der Waals surface area contributed by atoms with Gasteiger partial charge in [0.2, 0.25) is 10.4 Å². The number of hydrogen-bond acceptors (Lipinski definition) is 7. The molecule has 9 nitrogen and oxygen atoms in total. The highest BCUT2D eigenvalue weighted by molar-refractivity contribution is 7.80. The maximum atomic E-state index is 9.22. The summed E-state index contributed by atoms with van der Waals surface area (Å²) in [5.41, 5.74) is 0.866. The van der Waals surface area contributed by atoms with Crippen LogP contribution in [0.25, 0.3) is 16.0 Å². The number of nitrogens with zero attached hydrogens (tertiary/aromatic N) is 4. The van der Waals surface area contributed by atoms with Gasteiger partial charge in [0.15, 0.2) is 10.5 Å². The molecule has 1 aromatic carbocycles. The summed E-state index contributed by atoms with van der Waals surface area (Å²) in [5.74, 6) is 0. The van der Waals surface area contributed by atoms with Crippen molar-refractivity contribution in [3.8, 4) is 0 Å². The second-order valence-electron chi connectivity index (χ2n) is 3.49. The zero-order valence-corrected chi connectivity index (χ0v) is 12.0. The van der Waals surface area contributed by atoms with Gasteiger partial charge in [-0.15, -0.1) is 0 Å². The molecule has 10 heteroatoms. The SMILES string of the molecule is COS(=O)(=O)[O-].COn1cc/c(=N\[N+]#N)c2ccccc21. The lowest BCUT2D eigenvalue weighted by Crippen LogP contribution is -2.12. The maximum Gasteiger partial charge on any atom is 0.339 e. The summed E-state index contributed by atoms with van der Waals surface area (Å²) in [6.45, 7) is 0. The summed E-state index contributed by atoms with van der Waals surface area (Å²) in [6.07, 6.45) is 1.71. The molecule has 2 aromatic rings. The third-order valence-electron chi connectivity index (χ3n) is 2.34. The second kappa shape index (κ2) is 7.34. The van der Waals surface area contributed by atoms with Crippen molar-refractivity contribution >= 4 is 21.3 Å². The Labute approximate surface area is 120 Å². The van der Waals surface area contributed by atoms with Gasteiger partial charge < -0.3 is 9.39 Å². The first kappa shape index (κ1) is 16.6. The zero-order valence-electron chi connectivity index (χ0n) is 11.2. The van der Waals surface area contributed by atoms with Crippen LogP contribution in [0.2, 0.25) is 0 Å². The van der Waals surface area contributed by atoms with Crippen molar-refractivity contribution in [2.24, 2.45) is 5.10 Å². The highest BCUT2D eigenvalue weighted by Crippen LogP contribution is 2.07. The molecular formula is C11H12N4O5S. The Morgan fingerprint density at radius 3 is 2.43 bits per heavy atom. The van der Waals surface area contributed by atoms with Crippen LogP contribution in [-0.4, -0.2) is 31.9 Å². The molecule has 1 aromatic heterocycles. The predicted octanol–water partition coefficient (Wildman–Crippen LogP) is 0.461. The topological polar surface area (TPSA) is 121 Å². The summed E-state index contributed by atoms with van der Waals surface area (Å²) >= 11 is 0. The minimum atomic E-state index is -4.41. The van der Waals surface area contributed by atoms with E-state index in [9.17, 15) is 13.0 Å². The van der Waals surface area contributed by atoms with Crippen molar-refractivity contribution in [1.29, 1.82) is 5.39 Å². The van der Waals surface area contributed by atoms with Crippen LogP contribution in [0.15, 0.2) is 41.6 Å². The van der Waals surface area contributed by atoms with E-state index in [-0.39, 0.29) is 0 Å². The molecule has 0 atom stereocenters. The van der Waals surface area contributed by atoms with Crippen molar-refractivity contribution in [1.82, 2.24) is 4.73 Å². The minimum Gasteiger partial charge on any atom is -0.726 e. The van der Waals surface area contributed by atoms with Crippen molar-refractivity contribution in [3.63, 3.8) is 0 Å². The van der Waals surface area contributed by atoms with Gasteiger partial charge in [0.25, 0.3) is 5.39 Å². The highest BCUT2D eigenvalue weighted by Gasteiger charge is 2.02. The van der Waals surface area contributed by atoms with Crippen LogP contribution in [0.3, 0.4) is 0 Å². The standard InChI is InChI=1S/C10H9N4O.CH4O4S/c1-15-14-7-6-9(12-13-11)8-4-2-3-5-10(8)14;1-5-6(2,3)4/h2-7H,1H3;1H3,(H,2,3,4)/q+1;/p-1/b12-9+;. The van der Waals surface area contributed by atoms with Gasteiger partial charge in [0.1, 0.15) is 7.11 Å². The quantitative estimate of drug-likeness (QED) is 0.344. The lowest BCUT2D eigenvalue weighted by atomic mass is 10.2. The molecule has 0 radical (unpaired) electrons. The number of fused-ring (bicyclic) bond motifs is 1. The fourth-order valence-electron chi connectivity index (χ4n) is 1.49. The molecule has 0 saturated carbocycles. The molecule has 21 heavy (non-hydrogen) atoms. The van der Waals surface area contributed by atoms with E-state index >= 15 is 0 Å². The summed E-state index contributed by atoms with van der Waals surface area (Å²) in [5, 5.41) is 16.3. The van der Waals surface area contributed by atoms with Crippen LogP contribution in [0.1, 0.15) is 0 Å². The van der Waals surface area contributed by atoms with Gasteiger partial charge in [0.05, 0.1) is 12.6 Å². The molecule has 2 rings (SSSR count). The van der Waals surface area contributed by atoms with E-state index in [0.29, 0.717) is 5.36 Å². The molecular weight excluding hydrogens is 300 g/mol. The number of para-hydroxylation sites is 1. The van der Waals surface area contributed by atoms with Crippen molar-refractivity contribution in [3.05, 3.63) is 47.0 Å². The Bertz CT molecular complexity index is 822. The van der Waals surface area contributed by atoms with Crippen LogP contribution in [0, 0.1) is 5.39 Å². The lowest BCUT2D eigenvalue weighted by Gasteiger charge is -2.07. The monoisotopic (exact) mass is 312 g/mol. The Morgan fingerprint density at radius 2 is 1.90 bits per heavy atom. The van der Waals surface area contributed by atoms with E-state index < -0.39 is 10.4 Å². The number of pyridine rings is 1. The molecule has 1 heterocycles. The summed E-state index contributed by atoms with van der Waals surface area (Å²) in [7, 11) is -2.02. The molecule has 0 fully saturated rings. The smallest absolute Gasteiger partial charge is 0.339 e. The van der Waals surface area contributed by atoms with Gasteiger partial charge in [0, 0.05) is 11.6 Å². The van der Waals surface area contributed by atoms with Crippen LogP contribution in [-0.2, 0) is 14.6 Å². The van der Waals surface area contributed by atoms with Crippen LogP contribution >= 0.6 is 0 Å². The van der Waals surface area contributed by atoms with Gasteiger partial charge in [-0.25, -0.2) is 8.42 Å². The Morgan fingerprint density at radius 1 is 1.29 bits per heavy atom. The van der Waals surface area contributed by atoms with Crippen molar-refractivity contribution in [2.75, 3.05) is 14.2 Å². The summed E-state index contributed by atoms with van der Waals surface area (Å²) < 4.78 is 32.6. The zero-order chi connectivity index (χ0) is 15.9. The fraction of sp³-hybridized carbons (Fsp3) is 0.182. The highest BCUT2D eigenvalue weighted by atomic mass is 32.3. The molecule has 0 unspecified atom stereocenters. The van der Waals surface area contributed by atoms with Crippen molar-refractivity contribution < 1.29 is 22.0 Å². The first-order chi connectivity index (χ1) is 9.92. The van der Waals surface area contributed by atoms with E-state index in [1.54, 1.807) is 24.1 Å². The molecule has 0 bridgehead atoms. The van der Waals surface area contributed by atoms with E-state index in [1.807, 2.05) is 24.3 Å². The molecule has 0 aliphatic carbocycles. The van der Waals surface area contributed by atoms with E-state index in [1.165, 1.54) is 0 Å². The molecule has 0 amide bonds. The number of aromatic nitrogens is 1. The maximum absolute atomic E-state index is 9.22. The molecule has 0 N–H and O–H groups in total. The molecule has 0 spiro atoms. The summed E-state index contributed by atoms with van der Waals surface area (Å²) in [6, 6.07) is 9.28. The predicted molar refractivity (Wildman–Crippen MR) is 71.8 cm³/mol. The Hall–Kier alpha value is -2.48. The number of hydrogen-bond donors (Lipinski definition) is 0. The molecule has 0 aliphatic heterocycles. The minimum absolute atomic E-state index is 0.599. The molecule has 112 valence electrons. The Balaban J connectivity index is 0.000000315. The lowest BCUT2D eigenvalue weighted by molar-refractivity contribution is 0.177. The normalized spacial score (nSPS) is 11.4. The van der Waals surface area contributed by atoms with E-state index in [2.05, 4.69) is 14.4 Å². The van der Waals surface area contributed by atoms with Crippen LogP contribution in [0.5, 0.6) is 0 Å². The Kier molecular flexibility index (Phi) is 5.79. The molecule has 0 saturated heterocycles. The third-order valence-corrected chi connectivity index (χ3v) is 2.75. The average molecular weight is 312 g/mol. The van der Waals surface area contributed by atoms with E-state index in [4.69, 9.17) is 10.2 Å². The number of diazo groups is 1. The number of benzene rings is 1. The molecule has 0 aliphatic rings. The van der Waals surface area contributed by atoms with Crippen LogP contribution in [0.4, 0.5) is 0 Å². The first-order valence-electron chi connectivity index (χ1n) is 5.47. The largest absolute Gasteiger partial charge is 0.726 e. The second-order valence-corrected chi connectivity index (χ2v) is 4.64. The van der Waals surface area contributed by atoms with Gasteiger partial charge in [-0.05, 0) is 12.1 Å². The summed E-state index contributed by atoms with van der Waals surface area (Å²) in [4.78, 5) is 5.14. The third kappa shape index (κ3) is 4.84. The van der Waals surface area contributed by atoms with Crippen LogP contribution < -0.4 is 10.2 Å². The number of rotatable bonds is 2. The van der Waals surface area contributed by atoms with Gasteiger partial charge in [-0.1, -0.05) is 18.2 Å². The fourth-order valence-corrected chi connectivity index (χ4v) is 1.49. The van der Waals surface area contributed by atoms with Crippen molar-refractivity contribution in [2.45, 2.75) is 0 Å². The first-order valence-corrected chi connectivity index (χ1v) is 6.80. The van der Waals surface area contributed by atoms with Gasteiger partial charge >= 0.3 is 5.08 Å². The van der Waals surface area contributed by atoms with Gasteiger partial charge in [-0.3, -0.25) is 4.18 Å².